The van der Waals surface area contributed by atoms with Gasteiger partial charge in [0.1, 0.15) is 0 Å². The number of hydrogen-bond acceptors (Lipinski definition) is 5. The summed E-state index contributed by atoms with van der Waals surface area (Å²) in [6, 6.07) is 3.25. The summed E-state index contributed by atoms with van der Waals surface area (Å²) in [6.45, 7) is 0. The van der Waals surface area contributed by atoms with Crippen molar-refractivity contribution >= 4 is 28.9 Å². The van der Waals surface area contributed by atoms with Crippen molar-refractivity contribution in [1.82, 2.24) is 4.98 Å². The van der Waals surface area contributed by atoms with Gasteiger partial charge >= 0.3 is 5.97 Å². The summed E-state index contributed by atoms with van der Waals surface area (Å²) in [6.07, 6.45) is 7.09. The SMILES string of the molecule is Nc1c2c(nc3c1CCC3)CCC2.O=C(O)c1cc([N+](=O)[O-])ccc1Cl. The van der Waals surface area contributed by atoms with Crippen LogP contribution in [-0.2, 0) is 25.7 Å². The summed E-state index contributed by atoms with van der Waals surface area (Å²) in [5, 5.41) is 18.8. The van der Waals surface area contributed by atoms with Crippen molar-refractivity contribution in [2.45, 2.75) is 38.5 Å². The maximum absolute atomic E-state index is 10.5. The fourth-order valence-corrected chi connectivity index (χ4v) is 3.62. The summed E-state index contributed by atoms with van der Waals surface area (Å²) >= 11 is 5.49. The van der Waals surface area contributed by atoms with E-state index < -0.39 is 10.9 Å². The van der Waals surface area contributed by atoms with E-state index in [-0.39, 0.29) is 16.3 Å². The molecule has 0 unspecified atom stereocenters. The number of halogens is 1. The number of aromatic nitrogens is 1. The summed E-state index contributed by atoms with van der Waals surface area (Å²) < 4.78 is 0. The minimum Gasteiger partial charge on any atom is -0.478 e. The van der Waals surface area contributed by atoms with Gasteiger partial charge in [-0.3, -0.25) is 15.1 Å². The molecule has 0 saturated heterocycles. The molecule has 8 heteroatoms. The number of nitro groups is 1. The average Bonchev–Trinajstić information content (AvgIpc) is 3.25. The number of nitro benzene ring substituents is 1. The van der Waals surface area contributed by atoms with Crippen molar-refractivity contribution in [2.75, 3.05) is 5.73 Å². The average molecular weight is 376 g/mol. The first kappa shape index (κ1) is 18.1. The molecule has 26 heavy (non-hydrogen) atoms. The lowest BCUT2D eigenvalue weighted by Crippen LogP contribution is -2.03. The molecule has 2 aliphatic rings. The third-order valence-corrected chi connectivity index (χ3v) is 5.02. The van der Waals surface area contributed by atoms with Crippen LogP contribution in [0.4, 0.5) is 11.4 Å². The Bertz CT molecular complexity index is 866. The number of carboxylic acid groups (broad SMARTS) is 1. The van der Waals surface area contributed by atoms with Crippen LogP contribution in [0.25, 0.3) is 0 Å². The number of anilines is 1. The zero-order valence-electron chi connectivity index (χ0n) is 14.0. The fourth-order valence-electron chi connectivity index (χ4n) is 3.42. The van der Waals surface area contributed by atoms with Crippen LogP contribution in [0.3, 0.4) is 0 Å². The highest BCUT2D eigenvalue weighted by Gasteiger charge is 2.23. The van der Waals surface area contributed by atoms with Crippen LogP contribution >= 0.6 is 11.6 Å². The number of aryl methyl sites for hydroxylation is 2. The van der Waals surface area contributed by atoms with Gasteiger partial charge in [-0.25, -0.2) is 4.79 Å². The van der Waals surface area contributed by atoms with Gasteiger partial charge in [0.2, 0.25) is 0 Å². The Labute approximate surface area is 155 Å². The van der Waals surface area contributed by atoms with Gasteiger partial charge in [0, 0.05) is 29.2 Å². The predicted octanol–water partition coefficient (Wildman–Crippen LogP) is 3.59. The summed E-state index contributed by atoms with van der Waals surface area (Å²) in [4.78, 5) is 24.8. The topological polar surface area (TPSA) is 119 Å². The molecule has 4 rings (SSSR count). The van der Waals surface area contributed by atoms with Crippen LogP contribution < -0.4 is 5.73 Å². The number of carbonyl (C=O) groups is 1. The molecule has 0 saturated carbocycles. The number of fused-ring (bicyclic) bond motifs is 2. The van der Waals surface area contributed by atoms with Crippen LogP contribution in [0.15, 0.2) is 18.2 Å². The number of pyridine rings is 1. The molecule has 0 radical (unpaired) electrons. The Morgan fingerprint density at radius 3 is 2.23 bits per heavy atom. The number of nitrogen functional groups attached to an aromatic ring is 1. The van der Waals surface area contributed by atoms with E-state index in [1.54, 1.807) is 0 Å². The number of nitrogens with zero attached hydrogens (tertiary/aromatic N) is 2. The van der Waals surface area contributed by atoms with Crippen LogP contribution in [0.5, 0.6) is 0 Å². The fraction of sp³-hybridized carbons (Fsp3) is 0.333. The molecular formula is C18H18ClN3O4. The van der Waals surface area contributed by atoms with Gasteiger partial charge < -0.3 is 10.8 Å². The normalized spacial score (nSPS) is 14.2. The van der Waals surface area contributed by atoms with Crippen molar-refractivity contribution < 1.29 is 14.8 Å². The zero-order chi connectivity index (χ0) is 18.8. The first-order valence-electron chi connectivity index (χ1n) is 8.34. The van der Waals surface area contributed by atoms with Gasteiger partial charge in [0.15, 0.2) is 0 Å². The molecule has 3 N–H and O–H groups in total. The van der Waals surface area contributed by atoms with E-state index in [0.717, 1.165) is 43.5 Å². The van der Waals surface area contributed by atoms with E-state index in [4.69, 9.17) is 27.4 Å². The first-order valence-corrected chi connectivity index (χ1v) is 8.72. The van der Waals surface area contributed by atoms with Gasteiger partial charge in [0.25, 0.3) is 5.69 Å². The van der Waals surface area contributed by atoms with E-state index >= 15 is 0 Å². The van der Waals surface area contributed by atoms with Gasteiger partial charge in [-0.2, -0.15) is 0 Å². The highest BCUT2D eigenvalue weighted by molar-refractivity contribution is 6.33. The summed E-state index contributed by atoms with van der Waals surface area (Å²) in [7, 11) is 0. The molecule has 7 nitrogen and oxygen atoms in total. The minimum atomic E-state index is -1.28. The second-order valence-electron chi connectivity index (χ2n) is 6.31. The molecule has 2 aromatic rings. The molecule has 1 aromatic heterocycles. The predicted molar refractivity (Wildman–Crippen MR) is 97.8 cm³/mol. The molecule has 0 atom stereocenters. The summed E-state index contributed by atoms with van der Waals surface area (Å²) in [5.74, 6) is -1.28. The Kier molecular flexibility index (Phi) is 5.08. The number of rotatable bonds is 2. The highest BCUT2D eigenvalue weighted by Crippen LogP contribution is 2.34. The number of benzene rings is 1. The molecule has 1 heterocycles. The molecule has 0 spiro atoms. The monoisotopic (exact) mass is 375 g/mol. The quantitative estimate of drug-likeness (QED) is 0.611. The number of hydrogen-bond donors (Lipinski definition) is 2. The smallest absolute Gasteiger partial charge is 0.337 e. The molecule has 136 valence electrons. The van der Waals surface area contributed by atoms with Crippen LogP contribution in [0.1, 0.15) is 45.7 Å². The van der Waals surface area contributed by atoms with Crippen molar-refractivity contribution in [3.63, 3.8) is 0 Å². The summed E-state index contributed by atoms with van der Waals surface area (Å²) in [5.41, 5.74) is 12.0. The van der Waals surface area contributed by atoms with Crippen molar-refractivity contribution in [3.8, 4) is 0 Å². The van der Waals surface area contributed by atoms with Crippen LogP contribution in [0, 0.1) is 10.1 Å². The lowest BCUT2D eigenvalue weighted by molar-refractivity contribution is -0.384. The van der Waals surface area contributed by atoms with Gasteiger partial charge in [0.05, 0.1) is 15.5 Å². The van der Waals surface area contributed by atoms with Crippen molar-refractivity contribution in [3.05, 3.63) is 61.4 Å². The highest BCUT2D eigenvalue weighted by atomic mass is 35.5. The standard InChI is InChI=1S/C11H14N2.C7H4ClNO4/c12-11-7-3-1-5-9(7)13-10-6-2-4-8(10)11;8-6-2-1-4(9(12)13)3-5(6)7(10)11/h1-6H2,(H2,12,13);1-3H,(H,10,11). The Morgan fingerprint density at radius 2 is 1.73 bits per heavy atom. The maximum Gasteiger partial charge on any atom is 0.337 e. The molecule has 2 aliphatic carbocycles. The van der Waals surface area contributed by atoms with E-state index in [0.29, 0.717) is 0 Å². The lowest BCUT2D eigenvalue weighted by Gasteiger charge is -2.08. The van der Waals surface area contributed by atoms with E-state index in [1.807, 2.05) is 0 Å². The van der Waals surface area contributed by atoms with E-state index in [9.17, 15) is 14.9 Å². The molecule has 1 aromatic carbocycles. The number of nitrogens with two attached hydrogens (primary N) is 1. The molecule has 0 fully saturated rings. The van der Waals surface area contributed by atoms with E-state index in [2.05, 4.69) is 0 Å². The molecule has 0 bridgehead atoms. The lowest BCUT2D eigenvalue weighted by atomic mass is 10.1. The molecule has 0 aliphatic heterocycles. The van der Waals surface area contributed by atoms with Gasteiger partial charge in [-0.05, 0) is 55.7 Å². The Hall–Kier alpha value is -2.67. The van der Waals surface area contributed by atoms with Gasteiger partial charge in [-0.1, -0.05) is 11.6 Å². The first-order chi connectivity index (χ1) is 12.4. The largest absolute Gasteiger partial charge is 0.478 e. The minimum absolute atomic E-state index is 0.0156. The maximum atomic E-state index is 10.5. The van der Waals surface area contributed by atoms with Crippen molar-refractivity contribution in [1.29, 1.82) is 0 Å². The number of aromatic carboxylic acids is 1. The Balaban J connectivity index is 0.000000151. The second-order valence-corrected chi connectivity index (χ2v) is 6.72. The Morgan fingerprint density at radius 1 is 1.15 bits per heavy atom. The van der Waals surface area contributed by atoms with Crippen LogP contribution in [0.2, 0.25) is 5.02 Å². The third-order valence-electron chi connectivity index (χ3n) is 4.69. The second kappa shape index (κ2) is 7.29. The van der Waals surface area contributed by atoms with Crippen molar-refractivity contribution in [2.24, 2.45) is 0 Å². The van der Waals surface area contributed by atoms with Gasteiger partial charge in [-0.15, -0.1) is 0 Å². The van der Waals surface area contributed by atoms with Crippen LogP contribution in [-0.4, -0.2) is 21.0 Å². The third kappa shape index (κ3) is 3.48. The molecular weight excluding hydrogens is 358 g/mol. The number of carboxylic acids is 1. The molecule has 0 amide bonds. The zero-order valence-corrected chi connectivity index (χ0v) is 14.8. The number of non-ortho nitro benzene ring substituents is 1. The van der Waals surface area contributed by atoms with E-state index in [1.165, 1.54) is 41.4 Å².